The Bertz CT molecular complexity index is 669. The second-order valence-electron chi connectivity index (χ2n) is 6.28. The molecular formula is C23H30O5. The lowest BCUT2D eigenvalue weighted by atomic mass is 10.1. The van der Waals surface area contributed by atoms with Crippen molar-refractivity contribution in [3.05, 3.63) is 65.7 Å². The summed E-state index contributed by atoms with van der Waals surface area (Å²) in [5.74, 6) is 0.482. The predicted octanol–water partition coefficient (Wildman–Crippen LogP) is 4.18. The van der Waals surface area contributed by atoms with Crippen LogP contribution in [0.1, 0.15) is 31.4 Å². The molecule has 0 N–H and O–H groups in total. The van der Waals surface area contributed by atoms with Gasteiger partial charge in [-0.15, -0.1) is 0 Å². The van der Waals surface area contributed by atoms with Gasteiger partial charge in [0, 0.05) is 19.4 Å². The number of carbonyl (C=O) groups excluding carboxylic acids is 1. The molecule has 5 heteroatoms. The van der Waals surface area contributed by atoms with Crippen LogP contribution in [0.2, 0.25) is 0 Å². The molecule has 1 atom stereocenters. The highest BCUT2D eigenvalue weighted by Gasteiger charge is 2.20. The van der Waals surface area contributed by atoms with Gasteiger partial charge in [0.25, 0.3) is 0 Å². The smallest absolute Gasteiger partial charge is 0.335 e. The summed E-state index contributed by atoms with van der Waals surface area (Å²) < 4.78 is 22.0. The third kappa shape index (κ3) is 8.11. The standard InChI is InChI=1S/C23H30O5/c1-3-26-22(23(24)27-4-2)17-19-11-13-21(14-12-19)28-16-8-15-25-18-20-9-6-5-7-10-20/h5-7,9-14,22H,3-4,8,15-18H2,1-2H3/t22-/m0/s1. The minimum atomic E-state index is -0.571. The maximum absolute atomic E-state index is 11.9. The van der Waals surface area contributed by atoms with Crippen LogP contribution in [0.5, 0.6) is 5.75 Å². The van der Waals surface area contributed by atoms with Crippen LogP contribution >= 0.6 is 0 Å². The fraction of sp³-hybridized carbons (Fsp3) is 0.435. The van der Waals surface area contributed by atoms with E-state index < -0.39 is 6.10 Å². The molecule has 28 heavy (non-hydrogen) atoms. The summed E-state index contributed by atoms with van der Waals surface area (Å²) in [6.07, 6.45) is 0.739. The lowest BCUT2D eigenvalue weighted by molar-refractivity contribution is -0.156. The Balaban J connectivity index is 1.68. The lowest BCUT2D eigenvalue weighted by Gasteiger charge is -2.15. The van der Waals surface area contributed by atoms with Crippen molar-refractivity contribution in [1.82, 2.24) is 0 Å². The molecule has 0 aliphatic carbocycles. The second kappa shape index (κ2) is 12.9. The molecule has 0 saturated heterocycles. The van der Waals surface area contributed by atoms with E-state index in [2.05, 4.69) is 12.1 Å². The van der Waals surface area contributed by atoms with Gasteiger partial charge in [-0.1, -0.05) is 42.5 Å². The molecule has 0 aliphatic heterocycles. The Hall–Kier alpha value is -2.37. The van der Waals surface area contributed by atoms with E-state index in [4.69, 9.17) is 18.9 Å². The quantitative estimate of drug-likeness (QED) is 0.382. The van der Waals surface area contributed by atoms with Gasteiger partial charge in [-0.2, -0.15) is 0 Å². The molecule has 0 aromatic heterocycles. The largest absolute Gasteiger partial charge is 0.494 e. The molecule has 2 rings (SSSR count). The monoisotopic (exact) mass is 386 g/mol. The van der Waals surface area contributed by atoms with Gasteiger partial charge in [-0.3, -0.25) is 0 Å². The van der Waals surface area contributed by atoms with Crippen LogP contribution in [-0.2, 0) is 32.0 Å². The molecular weight excluding hydrogens is 356 g/mol. The molecule has 0 bridgehead atoms. The molecule has 0 amide bonds. The van der Waals surface area contributed by atoms with Crippen LogP contribution < -0.4 is 4.74 Å². The van der Waals surface area contributed by atoms with Crippen molar-refractivity contribution in [2.45, 2.75) is 39.4 Å². The Labute approximate surface area is 167 Å². The first kappa shape index (κ1) is 21.9. The number of hydrogen-bond donors (Lipinski definition) is 0. The normalized spacial score (nSPS) is 11.8. The molecule has 152 valence electrons. The number of rotatable bonds is 13. The highest BCUT2D eigenvalue weighted by atomic mass is 16.6. The number of benzene rings is 2. The molecule has 0 heterocycles. The maximum Gasteiger partial charge on any atom is 0.335 e. The van der Waals surface area contributed by atoms with Crippen molar-refractivity contribution < 1.29 is 23.7 Å². The molecule has 0 aliphatic rings. The van der Waals surface area contributed by atoms with E-state index in [0.717, 1.165) is 17.7 Å². The molecule has 0 spiro atoms. The fourth-order valence-corrected chi connectivity index (χ4v) is 2.70. The minimum absolute atomic E-state index is 0.319. The summed E-state index contributed by atoms with van der Waals surface area (Å²) in [7, 11) is 0. The highest BCUT2D eigenvalue weighted by molar-refractivity contribution is 5.75. The van der Waals surface area contributed by atoms with E-state index in [0.29, 0.717) is 39.5 Å². The van der Waals surface area contributed by atoms with Crippen LogP contribution in [0.15, 0.2) is 54.6 Å². The molecule has 0 saturated carbocycles. The van der Waals surface area contributed by atoms with Crippen molar-refractivity contribution in [1.29, 1.82) is 0 Å². The number of hydrogen-bond acceptors (Lipinski definition) is 5. The van der Waals surface area contributed by atoms with Gasteiger partial charge >= 0.3 is 5.97 Å². The van der Waals surface area contributed by atoms with Gasteiger partial charge in [0.2, 0.25) is 0 Å². The van der Waals surface area contributed by atoms with E-state index in [1.165, 1.54) is 5.56 Å². The first-order chi connectivity index (χ1) is 13.7. The lowest BCUT2D eigenvalue weighted by Crippen LogP contribution is -2.28. The Kier molecular flexibility index (Phi) is 10.1. The Morgan fingerprint density at radius 1 is 0.893 bits per heavy atom. The average Bonchev–Trinajstić information content (AvgIpc) is 2.72. The Morgan fingerprint density at radius 2 is 1.64 bits per heavy atom. The molecule has 0 unspecified atom stereocenters. The molecule has 0 radical (unpaired) electrons. The second-order valence-corrected chi connectivity index (χ2v) is 6.28. The van der Waals surface area contributed by atoms with Gasteiger partial charge in [-0.05, 0) is 37.1 Å². The van der Waals surface area contributed by atoms with E-state index in [1.54, 1.807) is 6.92 Å². The van der Waals surface area contributed by atoms with Crippen molar-refractivity contribution in [2.75, 3.05) is 26.4 Å². The predicted molar refractivity (Wildman–Crippen MR) is 108 cm³/mol. The zero-order valence-corrected chi connectivity index (χ0v) is 16.8. The highest BCUT2D eigenvalue weighted by Crippen LogP contribution is 2.15. The van der Waals surface area contributed by atoms with Gasteiger partial charge < -0.3 is 18.9 Å². The van der Waals surface area contributed by atoms with Crippen LogP contribution in [-0.4, -0.2) is 38.5 Å². The maximum atomic E-state index is 11.9. The summed E-state index contributed by atoms with van der Waals surface area (Å²) in [5, 5.41) is 0. The summed E-state index contributed by atoms with van der Waals surface area (Å²) in [5.41, 5.74) is 2.18. The molecule has 2 aromatic carbocycles. The van der Waals surface area contributed by atoms with Crippen LogP contribution in [0.3, 0.4) is 0 Å². The van der Waals surface area contributed by atoms with Gasteiger partial charge in [-0.25, -0.2) is 4.79 Å². The van der Waals surface area contributed by atoms with E-state index in [9.17, 15) is 4.79 Å². The topological polar surface area (TPSA) is 54.0 Å². The summed E-state index contributed by atoms with van der Waals surface area (Å²) >= 11 is 0. The van der Waals surface area contributed by atoms with Gasteiger partial charge in [0.15, 0.2) is 6.10 Å². The van der Waals surface area contributed by atoms with E-state index >= 15 is 0 Å². The van der Waals surface area contributed by atoms with Crippen molar-refractivity contribution in [3.63, 3.8) is 0 Å². The SMILES string of the molecule is CCOC(=O)[C@H](Cc1ccc(OCCCOCc2ccccc2)cc1)OCC. The average molecular weight is 386 g/mol. The summed E-state index contributed by atoms with van der Waals surface area (Å²) in [6.45, 7) is 6.35. The van der Waals surface area contributed by atoms with Gasteiger partial charge in [0.05, 0.1) is 26.4 Å². The van der Waals surface area contributed by atoms with Crippen LogP contribution in [0.25, 0.3) is 0 Å². The molecule has 2 aromatic rings. The summed E-state index contributed by atoms with van der Waals surface area (Å²) in [4.78, 5) is 11.9. The fourth-order valence-electron chi connectivity index (χ4n) is 2.70. The Morgan fingerprint density at radius 3 is 2.32 bits per heavy atom. The first-order valence-corrected chi connectivity index (χ1v) is 9.84. The van der Waals surface area contributed by atoms with E-state index in [1.807, 2.05) is 49.4 Å². The third-order valence-corrected chi connectivity index (χ3v) is 4.08. The van der Waals surface area contributed by atoms with Crippen molar-refractivity contribution in [3.8, 4) is 5.75 Å². The number of carbonyl (C=O) groups is 1. The molecule has 5 nitrogen and oxygen atoms in total. The third-order valence-electron chi connectivity index (χ3n) is 4.08. The zero-order valence-electron chi connectivity index (χ0n) is 16.8. The van der Waals surface area contributed by atoms with Crippen molar-refractivity contribution in [2.24, 2.45) is 0 Å². The van der Waals surface area contributed by atoms with Crippen LogP contribution in [0.4, 0.5) is 0 Å². The van der Waals surface area contributed by atoms with Gasteiger partial charge in [0.1, 0.15) is 5.75 Å². The number of ether oxygens (including phenoxy) is 4. The summed E-state index contributed by atoms with van der Waals surface area (Å²) in [6, 6.07) is 17.8. The molecule has 0 fully saturated rings. The van der Waals surface area contributed by atoms with Crippen LogP contribution in [0, 0.1) is 0 Å². The van der Waals surface area contributed by atoms with E-state index in [-0.39, 0.29) is 5.97 Å². The zero-order chi connectivity index (χ0) is 20.0. The number of esters is 1. The van der Waals surface area contributed by atoms with Crippen molar-refractivity contribution >= 4 is 5.97 Å². The minimum Gasteiger partial charge on any atom is -0.494 e. The first-order valence-electron chi connectivity index (χ1n) is 9.84.